The topological polar surface area (TPSA) is 3.24 Å². The molecule has 0 aliphatic carbocycles. The third kappa shape index (κ3) is 1.32. The molecule has 0 bridgehead atoms. The average Bonchev–Trinajstić information content (AvgIpc) is 2.33. The van der Waals surface area contributed by atoms with Gasteiger partial charge < -0.3 is 4.90 Å². The van der Waals surface area contributed by atoms with E-state index in [0.717, 1.165) is 17.7 Å². The molecular formula is C8H17N2+. The van der Waals surface area contributed by atoms with Crippen LogP contribution in [0.2, 0.25) is 0 Å². The largest absolute Gasteiger partial charge is 0.326 e. The van der Waals surface area contributed by atoms with E-state index in [0.29, 0.717) is 0 Å². The van der Waals surface area contributed by atoms with Crippen LogP contribution in [0.25, 0.3) is 0 Å². The van der Waals surface area contributed by atoms with Gasteiger partial charge >= 0.3 is 0 Å². The zero-order valence-electron chi connectivity index (χ0n) is 7.17. The van der Waals surface area contributed by atoms with Crippen LogP contribution in [0.5, 0.6) is 0 Å². The Labute approximate surface area is 63.3 Å². The molecule has 1 aliphatic heterocycles. The predicted molar refractivity (Wildman–Crippen MR) is 43.1 cm³/mol. The summed E-state index contributed by atoms with van der Waals surface area (Å²) in [5, 5.41) is 0. The molecule has 0 saturated heterocycles. The molecule has 1 heterocycles. The summed E-state index contributed by atoms with van der Waals surface area (Å²) in [5.74, 6) is 0. The van der Waals surface area contributed by atoms with Gasteiger partial charge in [-0.25, -0.2) is 0 Å². The van der Waals surface area contributed by atoms with Gasteiger partial charge in [-0.3, -0.25) is 4.48 Å². The monoisotopic (exact) mass is 141 g/mol. The SMILES string of the molecule is CCN1C=C[N+](C)(CC)C1. The lowest BCUT2D eigenvalue weighted by Gasteiger charge is -2.26. The van der Waals surface area contributed by atoms with Gasteiger partial charge in [0, 0.05) is 6.54 Å². The van der Waals surface area contributed by atoms with E-state index in [4.69, 9.17) is 0 Å². The minimum absolute atomic E-state index is 1.06. The van der Waals surface area contributed by atoms with Gasteiger partial charge in [0.2, 0.25) is 0 Å². The van der Waals surface area contributed by atoms with Gasteiger partial charge in [-0.1, -0.05) is 0 Å². The van der Waals surface area contributed by atoms with E-state index in [2.05, 4.69) is 38.2 Å². The highest BCUT2D eigenvalue weighted by Crippen LogP contribution is 2.13. The first-order chi connectivity index (χ1) is 4.70. The summed E-state index contributed by atoms with van der Waals surface area (Å²) in [4.78, 5) is 2.34. The third-order valence-electron chi connectivity index (χ3n) is 2.27. The van der Waals surface area contributed by atoms with Crippen molar-refractivity contribution in [2.75, 3.05) is 26.8 Å². The van der Waals surface area contributed by atoms with Crippen molar-refractivity contribution in [3.8, 4) is 0 Å². The van der Waals surface area contributed by atoms with Gasteiger partial charge in [-0.2, -0.15) is 0 Å². The van der Waals surface area contributed by atoms with Crippen LogP contribution in [-0.4, -0.2) is 36.2 Å². The summed E-state index contributed by atoms with van der Waals surface area (Å²) < 4.78 is 1.06. The van der Waals surface area contributed by atoms with Gasteiger partial charge in [0.1, 0.15) is 6.20 Å². The Morgan fingerprint density at radius 2 is 2.20 bits per heavy atom. The Bertz CT molecular complexity index is 142. The minimum Gasteiger partial charge on any atom is -0.326 e. The fourth-order valence-corrected chi connectivity index (χ4v) is 1.18. The van der Waals surface area contributed by atoms with Crippen molar-refractivity contribution >= 4 is 0 Å². The molecule has 0 N–H and O–H groups in total. The van der Waals surface area contributed by atoms with E-state index >= 15 is 0 Å². The zero-order chi connectivity index (χ0) is 7.61. The van der Waals surface area contributed by atoms with Crippen LogP contribution in [0.15, 0.2) is 12.4 Å². The second-order valence-corrected chi connectivity index (χ2v) is 3.14. The van der Waals surface area contributed by atoms with Crippen molar-refractivity contribution in [3.63, 3.8) is 0 Å². The molecule has 58 valence electrons. The van der Waals surface area contributed by atoms with E-state index in [1.807, 2.05) is 0 Å². The maximum absolute atomic E-state index is 2.34. The molecule has 10 heavy (non-hydrogen) atoms. The number of rotatable bonds is 2. The Kier molecular flexibility index (Phi) is 2.00. The van der Waals surface area contributed by atoms with Crippen LogP contribution in [-0.2, 0) is 0 Å². The summed E-state index contributed by atoms with van der Waals surface area (Å²) in [6.45, 7) is 7.88. The normalized spacial score (nSPS) is 31.7. The van der Waals surface area contributed by atoms with Gasteiger partial charge in [-0.15, -0.1) is 0 Å². The maximum Gasteiger partial charge on any atom is 0.158 e. The molecule has 0 aromatic carbocycles. The Hall–Kier alpha value is -0.500. The molecule has 2 nitrogen and oxygen atoms in total. The van der Waals surface area contributed by atoms with Crippen LogP contribution in [0.4, 0.5) is 0 Å². The maximum atomic E-state index is 2.34. The summed E-state index contributed by atoms with van der Waals surface area (Å²) >= 11 is 0. The molecule has 1 atom stereocenters. The van der Waals surface area contributed by atoms with Gasteiger partial charge in [-0.05, 0) is 13.8 Å². The predicted octanol–water partition coefficient (Wildman–Crippen LogP) is 1.22. The first-order valence-electron chi connectivity index (χ1n) is 3.98. The molecule has 1 rings (SSSR count). The fraction of sp³-hybridized carbons (Fsp3) is 0.750. The van der Waals surface area contributed by atoms with Crippen LogP contribution in [0, 0.1) is 0 Å². The van der Waals surface area contributed by atoms with Crippen molar-refractivity contribution < 1.29 is 4.48 Å². The fourth-order valence-electron chi connectivity index (χ4n) is 1.18. The minimum atomic E-state index is 1.06. The van der Waals surface area contributed by atoms with Gasteiger partial charge in [0.25, 0.3) is 0 Å². The molecule has 0 saturated carbocycles. The van der Waals surface area contributed by atoms with E-state index in [1.165, 1.54) is 6.54 Å². The summed E-state index contributed by atoms with van der Waals surface area (Å²) in [6, 6.07) is 0. The Morgan fingerprint density at radius 3 is 2.50 bits per heavy atom. The molecule has 0 amide bonds. The molecule has 1 aliphatic rings. The van der Waals surface area contributed by atoms with E-state index < -0.39 is 0 Å². The van der Waals surface area contributed by atoms with Crippen molar-refractivity contribution in [1.82, 2.24) is 4.90 Å². The quantitative estimate of drug-likeness (QED) is 0.523. The summed E-state index contributed by atoms with van der Waals surface area (Å²) in [6.07, 6.45) is 4.47. The van der Waals surface area contributed by atoms with Crippen molar-refractivity contribution in [2.24, 2.45) is 0 Å². The second kappa shape index (κ2) is 2.62. The first-order valence-corrected chi connectivity index (χ1v) is 3.98. The number of quaternary nitrogens is 1. The van der Waals surface area contributed by atoms with Crippen LogP contribution in [0.3, 0.4) is 0 Å². The van der Waals surface area contributed by atoms with Gasteiger partial charge in [0.15, 0.2) is 6.67 Å². The first kappa shape index (κ1) is 7.61. The lowest BCUT2D eigenvalue weighted by atomic mass is 10.5. The van der Waals surface area contributed by atoms with Crippen LogP contribution >= 0.6 is 0 Å². The summed E-state index contributed by atoms with van der Waals surface area (Å²) in [5.41, 5.74) is 0. The molecule has 2 heteroatoms. The van der Waals surface area contributed by atoms with E-state index in [-0.39, 0.29) is 0 Å². The average molecular weight is 141 g/mol. The Balaban J connectivity index is 2.51. The van der Waals surface area contributed by atoms with Gasteiger partial charge in [0.05, 0.1) is 19.8 Å². The van der Waals surface area contributed by atoms with Crippen molar-refractivity contribution in [3.05, 3.63) is 12.4 Å². The third-order valence-corrected chi connectivity index (χ3v) is 2.27. The van der Waals surface area contributed by atoms with E-state index in [1.54, 1.807) is 0 Å². The highest BCUT2D eigenvalue weighted by atomic mass is 15.5. The highest BCUT2D eigenvalue weighted by Gasteiger charge is 2.23. The molecule has 0 radical (unpaired) electrons. The number of hydrogen-bond donors (Lipinski definition) is 0. The Morgan fingerprint density at radius 1 is 1.50 bits per heavy atom. The molecule has 0 spiro atoms. The number of nitrogens with zero attached hydrogens (tertiary/aromatic N) is 2. The summed E-state index contributed by atoms with van der Waals surface area (Å²) in [7, 11) is 2.26. The molecule has 1 unspecified atom stereocenters. The standard InChI is InChI=1S/C8H17N2/c1-4-9-6-7-10(3,5-2)8-9/h6-7H,4-5,8H2,1-3H3/q+1. The lowest BCUT2D eigenvalue weighted by Crippen LogP contribution is -2.40. The molecule has 0 aromatic heterocycles. The zero-order valence-corrected chi connectivity index (χ0v) is 7.17. The molecular weight excluding hydrogens is 124 g/mol. The van der Waals surface area contributed by atoms with Crippen LogP contribution in [0.1, 0.15) is 13.8 Å². The molecule has 0 fully saturated rings. The lowest BCUT2D eigenvalue weighted by molar-refractivity contribution is -0.859. The van der Waals surface area contributed by atoms with Crippen molar-refractivity contribution in [1.29, 1.82) is 0 Å². The van der Waals surface area contributed by atoms with E-state index in [9.17, 15) is 0 Å². The molecule has 0 aromatic rings. The second-order valence-electron chi connectivity index (χ2n) is 3.14. The smallest absolute Gasteiger partial charge is 0.158 e. The number of hydrogen-bond acceptors (Lipinski definition) is 1. The van der Waals surface area contributed by atoms with Crippen LogP contribution < -0.4 is 0 Å². The highest BCUT2D eigenvalue weighted by molar-refractivity contribution is 4.79. The van der Waals surface area contributed by atoms with Crippen molar-refractivity contribution in [2.45, 2.75) is 13.8 Å².